The van der Waals surface area contributed by atoms with E-state index in [1.807, 2.05) is 53.1 Å². The van der Waals surface area contributed by atoms with Gasteiger partial charge in [0.2, 0.25) is 4.80 Å². The topological polar surface area (TPSA) is 49.9 Å². The van der Waals surface area contributed by atoms with Crippen molar-refractivity contribution in [2.75, 3.05) is 0 Å². The predicted molar refractivity (Wildman–Crippen MR) is 70.7 cm³/mol. The van der Waals surface area contributed by atoms with E-state index in [2.05, 4.69) is 9.37 Å². The first-order chi connectivity index (χ1) is 8.88. The van der Waals surface area contributed by atoms with Crippen LogP contribution in [0.2, 0.25) is 0 Å². The fraction of sp³-hybridized carbons (Fsp3) is 0.0769. The standard InChI is InChI=1S/C13H11N3OS/c17-9-10-5-1-2-6-11(10)14-13-16-8-4-3-7-12(16)15-18-13/h1-8,17H,9H2/b14-13-. The first-order valence-corrected chi connectivity index (χ1v) is 6.32. The monoisotopic (exact) mass is 257 g/mol. The zero-order valence-electron chi connectivity index (χ0n) is 9.52. The zero-order valence-corrected chi connectivity index (χ0v) is 10.3. The van der Waals surface area contributed by atoms with Crippen molar-refractivity contribution in [2.24, 2.45) is 4.99 Å². The van der Waals surface area contributed by atoms with E-state index in [9.17, 15) is 5.11 Å². The van der Waals surface area contributed by atoms with Crippen LogP contribution < -0.4 is 4.80 Å². The molecule has 0 unspecified atom stereocenters. The van der Waals surface area contributed by atoms with E-state index in [4.69, 9.17) is 0 Å². The number of aromatic nitrogens is 2. The smallest absolute Gasteiger partial charge is 0.213 e. The van der Waals surface area contributed by atoms with E-state index in [1.54, 1.807) is 0 Å². The van der Waals surface area contributed by atoms with Crippen LogP contribution in [0.5, 0.6) is 0 Å². The lowest BCUT2D eigenvalue weighted by molar-refractivity contribution is 0.282. The number of hydrogen-bond acceptors (Lipinski definition) is 4. The molecule has 4 nitrogen and oxygen atoms in total. The minimum atomic E-state index is -0.0128. The molecule has 90 valence electrons. The van der Waals surface area contributed by atoms with Crippen molar-refractivity contribution in [3.63, 3.8) is 0 Å². The Morgan fingerprint density at radius 3 is 2.89 bits per heavy atom. The first kappa shape index (κ1) is 11.1. The molecule has 5 heteroatoms. The summed E-state index contributed by atoms with van der Waals surface area (Å²) in [6, 6.07) is 13.4. The quantitative estimate of drug-likeness (QED) is 0.764. The van der Waals surface area contributed by atoms with Gasteiger partial charge < -0.3 is 5.11 Å². The number of fused-ring (bicyclic) bond motifs is 1. The summed E-state index contributed by atoms with van der Waals surface area (Å²) >= 11 is 1.34. The minimum absolute atomic E-state index is 0.0128. The molecule has 0 fully saturated rings. The van der Waals surface area contributed by atoms with Gasteiger partial charge in [0.25, 0.3) is 0 Å². The average molecular weight is 257 g/mol. The highest BCUT2D eigenvalue weighted by Gasteiger charge is 2.01. The van der Waals surface area contributed by atoms with E-state index >= 15 is 0 Å². The second-order valence-corrected chi connectivity index (χ2v) is 4.52. The van der Waals surface area contributed by atoms with Gasteiger partial charge in [0.05, 0.1) is 12.3 Å². The summed E-state index contributed by atoms with van der Waals surface area (Å²) < 4.78 is 6.25. The van der Waals surface area contributed by atoms with Crippen LogP contribution in [0.3, 0.4) is 0 Å². The zero-order chi connectivity index (χ0) is 12.4. The molecule has 0 aliphatic carbocycles. The Bertz CT molecular complexity index is 745. The highest BCUT2D eigenvalue weighted by Crippen LogP contribution is 2.17. The van der Waals surface area contributed by atoms with Gasteiger partial charge in [-0.25, -0.2) is 4.99 Å². The van der Waals surface area contributed by atoms with Gasteiger partial charge in [0, 0.05) is 23.3 Å². The van der Waals surface area contributed by atoms with Crippen molar-refractivity contribution in [2.45, 2.75) is 6.61 Å². The maximum atomic E-state index is 9.28. The van der Waals surface area contributed by atoms with Crippen molar-refractivity contribution < 1.29 is 5.11 Å². The second kappa shape index (κ2) is 4.72. The summed E-state index contributed by atoms with van der Waals surface area (Å²) in [7, 11) is 0. The molecule has 1 N–H and O–H groups in total. The molecule has 1 aromatic carbocycles. The van der Waals surface area contributed by atoms with E-state index in [0.717, 1.165) is 21.7 Å². The summed E-state index contributed by atoms with van der Waals surface area (Å²) in [5.41, 5.74) is 2.47. The molecule has 3 aromatic rings. The van der Waals surface area contributed by atoms with Gasteiger partial charge in [-0.2, -0.15) is 4.37 Å². The van der Waals surface area contributed by atoms with Crippen LogP contribution in [0.4, 0.5) is 5.69 Å². The van der Waals surface area contributed by atoms with Crippen LogP contribution in [-0.2, 0) is 6.61 Å². The Hall–Kier alpha value is -1.98. The van der Waals surface area contributed by atoms with Gasteiger partial charge in [-0.1, -0.05) is 24.3 Å². The largest absolute Gasteiger partial charge is 0.392 e. The fourth-order valence-electron chi connectivity index (χ4n) is 1.73. The molecule has 0 aliphatic rings. The molecule has 0 spiro atoms. The third-order valence-electron chi connectivity index (χ3n) is 2.64. The van der Waals surface area contributed by atoms with Crippen molar-refractivity contribution in [1.29, 1.82) is 0 Å². The summed E-state index contributed by atoms with van der Waals surface area (Å²) in [6.45, 7) is -0.0128. The van der Waals surface area contributed by atoms with Crippen molar-refractivity contribution in [1.82, 2.24) is 8.77 Å². The van der Waals surface area contributed by atoms with Crippen LogP contribution in [0, 0.1) is 0 Å². The Morgan fingerprint density at radius 2 is 2.00 bits per heavy atom. The number of pyridine rings is 1. The number of aliphatic hydroxyl groups excluding tert-OH is 1. The van der Waals surface area contributed by atoms with E-state index in [-0.39, 0.29) is 6.61 Å². The summed E-state index contributed by atoms with van der Waals surface area (Å²) in [6.07, 6.45) is 1.93. The lowest BCUT2D eigenvalue weighted by Gasteiger charge is -1.99. The van der Waals surface area contributed by atoms with Crippen molar-refractivity contribution >= 4 is 22.9 Å². The number of aliphatic hydroxyl groups is 1. The molecule has 0 atom stereocenters. The van der Waals surface area contributed by atoms with Crippen LogP contribution in [0.25, 0.3) is 5.65 Å². The molecular formula is C13H11N3OS. The number of para-hydroxylation sites is 1. The van der Waals surface area contributed by atoms with Gasteiger partial charge in [0.1, 0.15) is 0 Å². The lowest BCUT2D eigenvalue weighted by Crippen LogP contribution is -2.05. The number of nitrogens with zero attached hydrogens (tertiary/aromatic N) is 3. The third kappa shape index (κ3) is 1.94. The number of benzene rings is 1. The van der Waals surface area contributed by atoms with Crippen LogP contribution in [0.1, 0.15) is 5.56 Å². The molecule has 18 heavy (non-hydrogen) atoms. The van der Waals surface area contributed by atoms with E-state index < -0.39 is 0 Å². The average Bonchev–Trinajstić information content (AvgIpc) is 2.83. The van der Waals surface area contributed by atoms with Gasteiger partial charge in [0.15, 0.2) is 5.65 Å². The molecule has 0 aliphatic heterocycles. The van der Waals surface area contributed by atoms with Gasteiger partial charge in [-0.05, 0) is 18.2 Å². The van der Waals surface area contributed by atoms with Gasteiger partial charge >= 0.3 is 0 Å². The summed E-state index contributed by atoms with van der Waals surface area (Å²) in [5, 5.41) is 9.28. The van der Waals surface area contributed by atoms with Gasteiger partial charge in [-0.15, -0.1) is 0 Å². The molecule has 3 rings (SSSR count). The first-order valence-electron chi connectivity index (χ1n) is 5.55. The maximum absolute atomic E-state index is 9.28. The summed E-state index contributed by atoms with van der Waals surface area (Å²) in [4.78, 5) is 5.36. The normalized spacial score (nSPS) is 12.2. The Balaban J connectivity index is 2.22. The van der Waals surface area contributed by atoms with Crippen molar-refractivity contribution in [3.8, 4) is 0 Å². The molecule has 0 amide bonds. The number of rotatable bonds is 2. The van der Waals surface area contributed by atoms with Crippen LogP contribution >= 0.6 is 11.5 Å². The molecule has 0 radical (unpaired) electrons. The number of hydrogen-bond donors (Lipinski definition) is 1. The molecule has 0 saturated heterocycles. The van der Waals surface area contributed by atoms with Crippen LogP contribution in [-0.4, -0.2) is 13.9 Å². The third-order valence-corrected chi connectivity index (χ3v) is 3.37. The molecular weight excluding hydrogens is 246 g/mol. The highest BCUT2D eigenvalue weighted by atomic mass is 32.1. The Labute approximate surface area is 108 Å². The van der Waals surface area contributed by atoms with Crippen molar-refractivity contribution in [3.05, 3.63) is 59.0 Å². The SMILES string of the molecule is OCc1ccccc1/N=c1\snc2ccccn12. The Morgan fingerprint density at radius 1 is 1.17 bits per heavy atom. The molecule has 0 saturated carbocycles. The maximum Gasteiger partial charge on any atom is 0.213 e. The lowest BCUT2D eigenvalue weighted by atomic mass is 10.2. The predicted octanol–water partition coefficient (Wildman–Crippen LogP) is 2.12. The minimum Gasteiger partial charge on any atom is -0.392 e. The summed E-state index contributed by atoms with van der Waals surface area (Å²) in [5.74, 6) is 0. The fourth-order valence-corrected chi connectivity index (χ4v) is 2.44. The van der Waals surface area contributed by atoms with E-state index in [1.165, 1.54) is 11.5 Å². The van der Waals surface area contributed by atoms with Gasteiger partial charge in [-0.3, -0.25) is 4.40 Å². The van der Waals surface area contributed by atoms with E-state index in [0.29, 0.717) is 0 Å². The molecule has 2 aromatic heterocycles. The Kier molecular flexibility index (Phi) is 2.92. The molecule has 2 heterocycles. The highest BCUT2D eigenvalue weighted by molar-refractivity contribution is 7.03. The molecule has 0 bridgehead atoms. The second-order valence-electron chi connectivity index (χ2n) is 3.79. The van der Waals surface area contributed by atoms with Crippen LogP contribution in [0.15, 0.2) is 53.7 Å².